The second-order valence-electron chi connectivity index (χ2n) is 6.19. The summed E-state index contributed by atoms with van der Waals surface area (Å²) >= 11 is 0. The van der Waals surface area contributed by atoms with Gasteiger partial charge in [-0.1, -0.05) is 18.7 Å². The number of aliphatic hydroxyl groups excluding tert-OH is 2. The summed E-state index contributed by atoms with van der Waals surface area (Å²) in [4.78, 5) is 13.7. The number of hydrogen-bond acceptors (Lipinski definition) is 7. The number of aliphatic hydroxyl groups is 2. The maximum absolute atomic E-state index is 11.9. The molecule has 0 aromatic carbocycles. The van der Waals surface area contributed by atoms with Gasteiger partial charge in [0.25, 0.3) is 0 Å². The number of rotatable bonds is 17. The molecule has 0 saturated heterocycles. The topological polar surface area (TPSA) is 88.5 Å². The maximum atomic E-state index is 11.9. The van der Waals surface area contributed by atoms with Gasteiger partial charge in [0.05, 0.1) is 45.1 Å². The molecule has 0 unspecified atom stereocenters. The van der Waals surface area contributed by atoms with Crippen molar-refractivity contribution in [1.82, 2.24) is 4.90 Å². The Kier molecular flexibility index (Phi) is 13.8. The maximum Gasteiger partial charge on any atom is 0.333 e. The fraction of sp³-hybridized carbons (Fsp3) is 0.632. The van der Waals surface area contributed by atoms with E-state index in [1.807, 2.05) is 4.90 Å². The van der Waals surface area contributed by atoms with Crippen LogP contribution in [0.1, 0.15) is 6.92 Å². The Labute approximate surface area is 156 Å². The zero-order valence-electron chi connectivity index (χ0n) is 15.8. The molecule has 0 fully saturated rings. The summed E-state index contributed by atoms with van der Waals surface area (Å²) in [6.45, 7) is 14.7. The first-order chi connectivity index (χ1) is 12.4. The van der Waals surface area contributed by atoms with Crippen LogP contribution in [-0.4, -0.2) is 87.0 Å². The lowest BCUT2D eigenvalue weighted by atomic mass is 9.90. The van der Waals surface area contributed by atoms with E-state index in [-0.39, 0.29) is 33.0 Å². The summed E-state index contributed by atoms with van der Waals surface area (Å²) in [5, 5.41) is 18.5. The van der Waals surface area contributed by atoms with Crippen molar-refractivity contribution in [2.75, 3.05) is 65.9 Å². The summed E-state index contributed by atoms with van der Waals surface area (Å²) in [5.74, 6) is -0.488. The Morgan fingerprint density at radius 2 is 1.54 bits per heavy atom. The van der Waals surface area contributed by atoms with Gasteiger partial charge >= 0.3 is 5.97 Å². The van der Waals surface area contributed by atoms with Crippen molar-refractivity contribution in [3.05, 3.63) is 37.5 Å². The summed E-state index contributed by atoms with van der Waals surface area (Å²) in [5.41, 5.74) is -0.373. The molecular formula is C19H33NO6. The van der Waals surface area contributed by atoms with Gasteiger partial charge in [-0.25, -0.2) is 4.79 Å². The van der Waals surface area contributed by atoms with Crippen LogP contribution in [0, 0.1) is 5.41 Å². The Morgan fingerprint density at radius 3 is 1.92 bits per heavy atom. The molecule has 0 radical (unpaired) electrons. The predicted molar refractivity (Wildman–Crippen MR) is 101 cm³/mol. The molecule has 0 atom stereocenters. The first-order valence-electron chi connectivity index (χ1n) is 8.58. The Morgan fingerprint density at radius 1 is 1.04 bits per heavy atom. The molecular weight excluding hydrogens is 338 g/mol. The third kappa shape index (κ3) is 10.5. The van der Waals surface area contributed by atoms with Gasteiger partial charge < -0.3 is 24.4 Å². The normalized spacial score (nSPS) is 11.4. The van der Waals surface area contributed by atoms with E-state index < -0.39 is 11.4 Å². The molecule has 0 amide bonds. The van der Waals surface area contributed by atoms with Gasteiger partial charge in [-0.2, -0.15) is 0 Å². The van der Waals surface area contributed by atoms with Crippen LogP contribution in [0.5, 0.6) is 0 Å². The molecule has 2 N–H and O–H groups in total. The molecule has 0 heterocycles. The molecule has 0 bridgehead atoms. The van der Waals surface area contributed by atoms with Gasteiger partial charge in [-0.05, 0) is 6.92 Å². The second-order valence-corrected chi connectivity index (χ2v) is 6.19. The quantitative estimate of drug-likeness (QED) is 0.169. The van der Waals surface area contributed by atoms with Gasteiger partial charge in [0, 0.05) is 25.2 Å². The number of carbonyl (C=O) groups excluding carboxylic acids is 1. The molecule has 0 spiro atoms. The van der Waals surface area contributed by atoms with Crippen molar-refractivity contribution in [3.63, 3.8) is 0 Å². The van der Waals surface area contributed by atoms with E-state index in [9.17, 15) is 15.0 Å². The minimum absolute atomic E-state index is 0.0529. The molecule has 0 aromatic heterocycles. The Balaban J connectivity index is 5.34. The largest absolute Gasteiger partial charge is 0.462 e. The van der Waals surface area contributed by atoms with Crippen molar-refractivity contribution in [1.29, 1.82) is 0 Å². The Bertz CT molecular complexity index is 418. The van der Waals surface area contributed by atoms with Gasteiger partial charge in [0.2, 0.25) is 0 Å². The van der Waals surface area contributed by atoms with Crippen molar-refractivity contribution in [3.8, 4) is 0 Å². The number of carbonyl (C=O) groups is 1. The molecule has 0 saturated carbocycles. The summed E-state index contributed by atoms with van der Waals surface area (Å²) in [7, 11) is 0. The zero-order chi connectivity index (χ0) is 19.8. The van der Waals surface area contributed by atoms with E-state index >= 15 is 0 Å². The molecule has 0 aromatic rings. The van der Waals surface area contributed by atoms with Crippen LogP contribution in [0.3, 0.4) is 0 Å². The van der Waals surface area contributed by atoms with Gasteiger partial charge in [-0.3, -0.25) is 4.90 Å². The van der Waals surface area contributed by atoms with Crippen LogP contribution >= 0.6 is 0 Å². The summed E-state index contributed by atoms with van der Waals surface area (Å²) < 4.78 is 16.7. The molecule has 7 heteroatoms. The van der Waals surface area contributed by atoms with Gasteiger partial charge in [0.1, 0.15) is 6.61 Å². The SMILES string of the molecule is C=CCOCC(COCC=C)(COC(=O)C(=C)C)CN(CCO)CCO. The first-order valence-corrected chi connectivity index (χ1v) is 8.58. The fourth-order valence-corrected chi connectivity index (χ4v) is 2.35. The number of esters is 1. The Hall–Kier alpha value is -1.51. The molecule has 0 aliphatic carbocycles. The van der Waals surface area contributed by atoms with Crippen molar-refractivity contribution in [2.24, 2.45) is 5.41 Å². The lowest BCUT2D eigenvalue weighted by Crippen LogP contribution is -2.49. The van der Waals surface area contributed by atoms with E-state index in [4.69, 9.17) is 14.2 Å². The van der Waals surface area contributed by atoms with Crippen molar-refractivity contribution >= 4 is 5.97 Å². The third-order valence-electron chi connectivity index (χ3n) is 3.54. The molecule has 26 heavy (non-hydrogen) atoms. The van der Waals surface area contributed by atoms with Crippen LogP contribution in [0.4, 0.5) is 0 Å². The summed E-state index contributed by atoms with van der Waals surface area (Å²) in [6, 6.07) is 0. The number of hydrogen-bond donors (Lipinski definition) is 2. The van der Waals surface area contributed by atoms with Crippen LogP contribution in [-0.2, 0) is 19.0 Å². The molecule has 0 rings (SSSR count). The highest BCUT2D eigenvalue weighted by Crippen LogP contribution is 2.22. The van der Waals surface area contributed by atoms with Crippen molar-refractivity contribution < 1.29 is 29.2 Å². The fourth-order valence-electron chi connectivity index (χ4n) is 2.35. The van der Waals surface area contributed by atoms with Crippen LogP contribution in [0.15, 0.2) is 37.5 Å². The monoisotopic (exact) mass is 371 g/mol. The summed E-state index contributed by atoms with van der Waals surface area (Å²) in [6.07, 6.45) is 3.27. The number of nitrogens with zero attached hydrogens (tertiary/aromatic N) is 1. The van der Waals surface area contributed by atoms with Crippen LogP contribution < -0.4 is 0 Å². The average Bonchev–Trinajstić information content (AvgIpc) is 2.60. The second kappa shape index (κ2) is 14.6. The van der Waals surface area contributed by atoms with E-state index in [1.54, 1.807) is 19.1 Å². The van der Waals surface area contributed by atoms with E-state index in [0.29, 0.717) is 38.4 Å². The van der Waals surface area contributed by atoms with Gasteiger partial charge in [0.15, 0.2) is 0 Å². The molecule has 0 aliphatic heterocycles. The average molecular weight is 371 g/mol. The van der Waals surface area contributed by atoms with E-state index in [2.05, 4.69) is 19.7 Å². The lowest BCUT2D eigenvalue weighted by molar-refractivity contribution is -0.147. The van der Waals surface area contributed by atoms with E-state index in [0.717, 1.165) is 0 Å². The minimum Gasteiger partial charge on any atom is -0.462 e. The smallest absolute Gasteiger partial charge is 0.333 e. The number of ether oxygens (including phenoxy) is 3. The molecule has 0 aliphatic rings. The standard InChI is InChI=1S/C19H33NO6/c1-5-11-24-14-19(15-25-12-6-2,16-26-18(23)17(3)4)13-20(7-9-21)8-10-22/h5-6,21-22H,1-3,7-16H2,4H3. The lowest BCUT2D eigenvalue weighted by Gasteiger charge is -2.37. The predicted octanol–water partition coefficient (Wildman–Crippen LogP) is 0.784. The van der Waals surface area contributed by atoms with Crippen LogP contribution in [0.25, 0.3) is 0 Å². The third-order valence-corrected chi connectivity index (χ3v) is 3.54. The molecule has 150 valence electrons. The minimum atomic E-state index is -0.679. The highest BCUT2D eigenvalue weighted by atomic mass is 16.5. The zero-order valence-corrected chi connectivity index (χ0v) is 15.8. The highest BCUT2D eigenvalue weighted by Gasteiger charge is 2.35. The van der Waals surface area contributed by atoms with Crippen LogP contribution in [0.2, 0.25) is 0 Å². The van der Waals surface area contributed by atoms with Crippen molar-refractivity contribution in [2.45, 2.75) is 6.92 Å². The first kappa shape index (κ1) is 24.5. The highest BCUT2D eigenvalue weighted by molar-refractivity contribution is 5.86. The molecule has 7 nitrogen and oxygen atoms in total. The van der Waals surface area contributed by atoms with Gasteiger partial charge in [-0.15, -0.1) is 13.2 Å². The van der Waals surface area contributed by atoms with E-state index in [1.165, 1.54) is 0 Å².